The van der Waals surface area contributed by atoms with Gasteiger partial charge in [-0.1, -0.05) is 60.7 Å². The van der Waals surface area contributed by atoms with E-state index in [2.05, 4.69) is 31.2 Å². The van der Waals surface area contributed by atoms with Gasteiger partial charge in [-0.3, -0.25) is 4.79 Å². The Bertz CT molecular complexity index is 882. The molecule has 1 amide bonds. The number of allylic oxidation sites excluding steroid dienone is 3. The molecule has 4 heteroatoms. The summed E-state index contributed by atoms with van der Waals surface area (Å²) in [4.78, 5) is 25.1. The quantitative estimate of drug-likeness (QED) is 0.721. The molecule has 1 saturated heterocycles. The normalized spacial score (nSPS) is 17.5. The second-order valence-corrected chi connectivity index (χ2v) is 7.05. The predicted molar refractivity (Wildman–Crippen MR) is 111 cm³/mol. The molecule has 1 heterocycles. The van der Waals surface area contributed by atoms with Crippen molar-refractivity contribution in [1.29, 1.82) is 0 Å². The predicted octanol–water partition coefficient (Wildman–Crippen LogP) is 4.58. The Balaban J connectivity index is 1.60. The molecule has 3 rings (SSSR count). The molecule has 0 aliphatic carbocycles. The zero-order valence-corrected chi connectivity index (χ0v) is 16.0. The summed E-state index contributed by atoms with van der Waals surface area (Å²) < 4.78 is 0. The first-order chi connectivity index (χ1) is 13.5. The van der Waals surface area contributed by atoms with Gasteiger partial charge in [0.05, 0.1) is 11.6 Å². The number of aromatic carboxylic acids is 1. The summed E-state index contributed by atoms with van der Waals surface area (Å²) in [6.07, 6.45) is 8.36. The highest BCUT2D eigenvalue weighted by Crippen LogP contribution is 2.21. The van der Waals surface area contributed by atoms with E-state index in [1.165, 1.54) is 11.1 Å². The Kier molecular flexibility index (Phi) is 6.43. The second kappa shape index (κ2) is 9.18. The Hall–Kier alpha value is -3.14. The van der Waals surface area contributed by atoms with E-state index in [0.717, 1.165) is 18.4 Å². The van der Waals surface area contributed by atoms with Gasteiger partial charge in [-0.15, -0.1) is 0 Å². The van der Waals surface area contributed by atoms with Crippen molar-refractivity contribution in [3.05, 3.63) is 89.5 Å². The number of nitrogens with zero attached hydrogens (tertiary/aromatic N) is 1. The van der Waals surface area contributed by atoms with Gasteiger partial charge in [0.25, 0.3) is 0 Å². The number of benzene rings is 2. The maximum Gasteiger partial charge on any atom is 0.335 e. The van der Waals surface area contributed by atoms with E-state index >= 15 is 0 Å². The number of amides is 1. The van der Waals surface area contributed by atoms with Gasteiger partial charge in [-0.25, -0.2) is 4.79 Å². The number of carboxylic acid groups (broad SMARTS) is 1. The highest BCUT2D eigenvalue weighted by Gasteiger charge is 2.28. The zero-order chi connectivity index (χ0) is 19.9. The first-order valence-corrected chi connectivity index (χ1v) is 9.57. The summed E-state index contributed by atoms with van der Waals surface area (Å²) in [7, 11) is 0. The van der Waals surface area contributed by atoms with E-state index in [1.54, 1.807) is 12.1 Å². The minimum atomic E-state index is -0.926. The lowest BCUT2D eigenvalue weighted by molar-refractivity contribution is -0.128. The molecule has 2 aromatic rings. The van der Waals surface area contributed by atoms with Crippen LogP contribution < -0.4 is 0 Å². The van der Waals surface area contributed by atoms with Gasteiger partial charge in [0.1, 0.15) is 0 Å². The summed E-state index contributed by atoms with van der Waals surface area (Å²) in [6, 6.07) is 17.2. The van der Waals surface area contributed by atoms with Gasteiger partial charge in [0, 0.05) is 13.0 Å². The first-order valence-electron chi connectivity index (χ1n) is 9.57. The largest absolute Gasteiger partial charge is 0.478 e. The van der Waals surface area contributed by atoms with Crippen molar-refractivity contribution >= 4 is 17.4 Å². The van der Waals surface area contributed by atoms with Crippen LogP contribution in [0, 0.1) is 0 Å². The highest BCUT2D eigenvalue weighted by molar-refractivity contribution is 5.87. The Morgan fingerprint density at radius 1 is 1.11 bits per heavy atom. The third kappa shape index (κ3) is 4.97. The first kappa shape index (κ1) is 19.6. The van der Waals surface area contributed by atoms with Gasteiger partial charge >= 0.3 is 5.97 Å². The highest BCUT2D eigenvalue weighted by atomic mass is 16.4. The number of rotatable bonds is 7. The summed E-state index contributed by atoms with van der Waals surface area (Å²) in [6.45, 7) is 2.72. The fourth-order valence-electron chi connectivity index (χ4n) is 3.44. The molecule has 1 aliphatic heterocycles. The van der Waals surface area contributed by atoms with Gasteiger partial charge in [0.15, 0.2) is 0 Å². The minimum Gasteiger partial charge on any atom is -0.478 e. The average molecular weight is 375 g/mol. The molecule has 1 aliphatic rings. The number of likely N-dealkylation sites (tertiary alicyclic amines) is 1. The van der Waals surface area contributed by atoms with Crippen molar-refractivity contribution in [1.82, 2.24) is 4.90 Å². The fourth-order valence-corrected chi connectivity index (χ4v) is 3.44. The lowest BCUT2D eigenvalue weighted by Crippen LogP contribution is -2.33. The van der Waals surface area contributed by atoms with E-state index in [0.29, 0.717) is 13.0 Å². The van der Waals surface area contributed by atoms with Crippen LogP contribution in [0.1, 0.15) is 41.3 Å². The van der Waals surface area contributed by atoms with Crippen molar-refractivity contribution in [3.63, 3.8) is 0 Å². The molecule has 0 radical (unpaired) electrons. The van der Waals surface area contributed by atoms with Crippen molar-refractivity contribution < 1.29 is 14.7 Å². The van der Waals surface area contributed by atoms with Crippen LogP contribution in [0.5, 0.6) is 0 Å². The molecule has 0 aromatic heterocycles. The molecule has 0 spiro atoms. The monoisotopic (exact) mass is 375 g/mol. The third-order valence-electron chi connectivity index (χ3n) is 5.13. The van der Waals surface area contributed by atoms with Gasteiger partial charge in [-0.2, -0.15) is 0 Å². The fraction of sp³-hybridized carbons (Fsp3) is 0.250. The van der Waals surface area contributed by atoms with Crippen LogP contribution in [-0.4, -0.2) is 34.5 Å². The number of hydrogen-bond acceptors (Lipinski definition) is 2. The molecule has 0 saturated carbocycles. The number of carboxylic acids is 1. The lowest BCUT2D eigenvalue weighted by Gasteiger charge is -2.22. The van der Waals surface area contributed by atoms with E-state index in [4.69, 9.17) is 5.11 Å². The van der Waals surface area contributed by atoms with Gasteiger partial charge in [-0.05, 0) is 48.6 Å². The Labute approximate surface area is 165 Å². The SMILES string of the molecule is C/C(=C/C=C[C@H]1CCC(=O)N1CCc1ccc(C(=O)O)cc1)c1ccccc1. The maximum atomic E-state index is 12.3. The molecule has 28 heavy (non-hydrogen) atoms. The molecule has 1 fully saturated rings. The second-order valence-electron chi connectivity index (χ2n) is 7.05. The van der Waals surface area contributed by atoms with Crippen LogP contribution in [-0.2, 0) is 11.2 Å². The van der Waals surface area contributed by atoms with Crippen molar-refractivity contribution in [3.8, 4) is 0 Å². The lowest BCUT2D eigenvalue weighted by atomic mass is 10.1. The topological polar surface area (TPSA) is 57.6 Å². The molecular weight excluding hydrogens is 350 g/mol. The number of hydrogen-bond donors (Lipinski definition) is 1. The van der Waals surface area contributed by atoms with Crippen molar-refractivity contribution in [2.75, 3.05) is 6.54 Å². The molecular formula is C24H25NO3. The van der Waals surface area contributed by atoms with Crippen LogP contribution in [0.4, 0.5) is 0 Å². The van der Waals surface area contributed by atoms with Crippen molar-refractivity contribution in [2.24, 2.45) is 0 Å². The molecule has 2 aromatic carbocycles. The Morgan fingerprint density at radius 3 is 2.50 bits per heavy atom. The summed E-state index contributed by atoms with van der Waals surface area (Å²) in [5.41, 5.74) is 3.69. The minimum absolute atomic E-state index is 0.116. The summed E-state index contributed by atoms with van der Waals surface area (Å²) in [5, 5.41) is 8.98. The van der Waals surface area contributed by atoms with E-state index < -0.39 is 5.97 Å². The standard InChI is InChI=1S/C24H25NO3/c1-18(20-7-3-2-4-8-20)6-5-9-22-14-15-23(26)25(22)17-16-19-10-12-21(13-11-19)24(27)28/h2-13,22H,14-17H2,1H3,(H,27,28)/b9-5?,18-6-/t22-/m0/s1. The molecule has 144 valence electrons. The van der Waals surface area contributed by atoms with Crippen LogP contribution >= 0.6 is 0 Å². The molecule has 0 bridgehead atoms. The van der Waals surface area contributed by atoms with Crippen LogP contribution in [0.15, 0.2) is 72.8 Å². The molecule has 0 unspecified atom stereocenters. The molecule has 1 atom stereocenters. The van der Waals surface area contributed by atoms with E-state index in [-0.39, 0.29) is 17.5 Å². The molecule has 4 nitrogen and oxygen atoms in total. The number of carbonyl (C=O) groups is 2. The van der Waals surface area contributed by atoms with Gasteiger partial charge in [0.2, 0.25) is 5.91 Å². The van der Waals surface area contributed by atoms with Crippen molar-refractivity contribution in [2.45, 2.75) is 32.2 Å². The van der Waals surface area contributed by atoms with Crippen LogP contribution in [0.25, 0.3) is 5.57 Å². The van der Waals surface area contributed by atoms with E-state index in [9.17, 15) is 9.59 Å². The maximum absolute atomic E-state index is 12.3. The summed E-state index contributed by atoms with van der Waals surface area (Å²) in [5.74, 6) is -0.745. The zero-order valence-electron chi connectivity index (χ0n) is 16.0. The average Bonchev–Trinajstić information content (AvgIpc) is 3.06. The number of carbonyl (C=O) groups excluding carboxylic acids is 1. The Morgan fingerprint density at radius 2 is 1.82 bits per heavy atom. The van der Waals surface area contributed by atoms with Crippen LogP contribution in [0.2, 0.25) is 0 Å². The van der Waals surface area contributed by atoms with Gasteiger partial charge < -0.3 is 10.0 Å². The smallest absolute Gasteiger partial charge is 0.335 e. The third-order valence-corrected chi connectivity index (χ3v) is 5.13. The summed E-state index contributed by atoms with van der Waals surface area (Å²) >= 11 is 0. The van der Waals surface area contributed by atoms with Crippen LogP contribution in [0.3, 0.4) is 0 Å². The molecule has 1 N–H and O–H groups in total. The van der Waals surface area contributed by atoms with E-state index in [1.807, 2.05) is 41.3 Å².